The number of nitrogens with zero attached hydrogens (tertiary/aromatic N) is 1. The van der Waals surface area contributed by atoms with Crippen molar-refractivity contribution in [3.63, 3.8) is 0 Å². The van der Waals surface area contributed by atoms with Gasteiger partial charge in [-0.3, -0.25) is 4.79 Å². The van der Waals surface area contributed by atoms with E-state index in [0.29, 0.717) is 17.9 Å². The minimum atomic E-state index is -0.929. The average molecular weight is 459 g/mol. The van der Waals surface area contributed by atoms with Crippen LogP contribution in [0.25, 0.3) is 0 Å². The van der Waals surface area contributed by atoms with Crippen LogP contribution in [0.4, 0.5) is 4.79 Å². The third-order valence-corrected chi connectivity index (χ3v) is 4.87. The quantitative estimate of drug-likeness (QED) is 0.0670. The number of benzene rings is 2. The molecule has 0 aliphatic rings. The zero-order chi connectivity index (χ0) is 24.1. The second-order valence-electron chi connectivity index (χ2n) is 7.21. The van der Waals surface area contributed by atoms with Gasteiger partial charge in [-0.25, -0.2) is 4.79 Å². The SMILES string of the molecule is COCCCCCCCOc1ccc(C(=O)c2cc(OC(=O)OC)ccc2C(N)=NO)cc1. The van der Waals surface area contributed by atoms with E-state index in [4.69, 9.17) is 25.2 Å². The second-order valence-corrected chi connectivity index (χ2v) is 7.21. The summed E-state index contributed by atoms with van der Waals surface area (Å²) in [6, 6.07) is 10.9. The number of hydrogen-bond acceptors (Lipinski definition) is 8. The van der Waals surface area contributed by atoms with Gasteiger partial charge in [-0.05, 0) is 55.3 Å². The van der Waals surface area contributed by atoms with Gasteiger partial charge in [0.2, 0.25) is 0 Å². The number of carbonyl (C=O) groups is 2. The number of hydrogen-bond donors (Lipinski definition) is 2. The molecule has 0 aromatic heterocycles. The fourth-order valence-electron chi connectivity index (χ4n) is 3.12. The van der Waals surface area contributed by atoms with Gasteiger partial charge in [0.25, 0.3) is 0 Å². The number of carbonyl (C=O) groups excluding carboxylic acids is 2. The van der Waals surface area contributed by atoms with Gasteiger partial charge in [0.1, 0.15) is 11.5 Å². The van der Waals surface area contributed by atoms with Gasteiger partial charge in [-0.1, -0.05) is 24.4 Å². The molecule has 0 bridgehead atoms. The standard InChI is InChI=1S/C24H30N2O7/c1-30-14-6-4-3-5-7-15-32-18-10-8-17(9-11-18)22(27)21-16-19(33-24(28)31-2)12-13-20(21)23(25)26-29/h8-13,16,29H,3-7,14-15H2,1-2H3,(H2,25,26). The maximum absolute atomic E-state index is 13.1. The van der Waals surface area contributed by atoms with Crippen molar-refractivity contribution in [2.75, 3.05) is 27.4 Å². The highest BCUT2D eigenvalue weighted by molar-refractivity contribution is 6.16. The first-order valence-corrected chi connectivity index (χ1v) is 10.6. The van der Waals surface area contributed by atoms with Gasteiger partial charge in [-0.2, -0.15) is 0 Å². The highest BCUT2D eigenvalue weighted by Gasteiger charge is 2.19. The summed E-state index contributed by atoms with van der Waals surface area (Å²) >= 11 is 0. The molecule has 2 aromatic carbocycles. The summed E-state index contributed by atoms with van der Waals surface area (Å²) in [5, 5.41) is 12.0. The lowest BCUT2D eigenvalue weighted by atomic mass is 9.97. The minimum absolute atomic E-state index is 0.0851. The van der Waals surface area contributed by atoms with Gasteiger partial charge >= 0.3 is 6.16 Å². The van der Waals surface area contributed by atoms with Crippen LogP contribution in [-0.2, 0) is 9.47 Å². The molecule has 33 heavy (non-hydrogen) atoms. The smallest absolute Gasteiger partial charge is 0.494 e. The highest BCUT2D eigenvalue weighted by Crippen LogP contribution is 2.23. The number of nitrogens with two attached hydrogens (primary N) is 1. The predicted molar refractivity (Wildman–Crippen MR) is 122 cm³/mol. The molecule has 0 aliphatic heterocycles. The summed E-state index contributed by atoms with van der Waals surface area (Å²) in [5.41, 5.74) is 6.38. The van der Waals surface area contributed by atoms with Crippen LogP contribution in [0.1, 0.15) is 53.6 Å². The summed E-state index contributed by atoms with van der Waals surface area (Å²) in [6.45, 7) is 1.39. The fourth-order valence-corrected chi connectivity index (χ4v) is 3.12. The van der Waals surface area contributed by atoms with E-state index in [0.717, 1.165) is 38.7 Å². The Bertz CT molecular complexity index is 942. The van der Waals surface area contributed by atoms with E-state index in [1.807, 2.05) is 0 Å². The van der Waals surface area contributed by atoms with E-state index in [9.17, 15) is 9.59 Å². The van der Waals surface area contributed by atoms with E-state index in [-0.39, 0.29) is 22.7 Å². The molecule has 9 nitrogen and oxygen atoms in total. The Labute approximate surface area is 193 Å². The Hall–Kier alpha value is -3.59. The number of methoxy groups -OCH3 is 2. The molecule has 0 saturated carbocycles. The molecule has 2 aromatic rings. The highest BCUT2D eigenvalue weighted by atomic mass is 16.7. The third-order valence-electron chi connectivity index (χ3n) is 4.87. The van der Waals surface area contributed by atoms with Gasteiger partial charge in [0, 0.05) is 30.4 Å². The van der Waals surface area contributed by atoms with Crippen LogP contribution in [0.2, 0.25) is 0 Å². The van der Waals surface area contributed by atoms with Crippen molar-refractivity contribution in [3.8, 4) is 11.5 Å². The molecular weight excluding hydrogens is 428 g/mol. The van der Waals surface area contributed by atoms with Crippen LogP contribution < -0.4 is 15.2 Å². The number of amidine groups is 1. The Kier molecular flexibility index (Phi) is 10.7. The Morgan fingerprint density at radius 1 is 0.879 bits per heavy atom. The molecule has 0 amide bonds. The summed E-state index contributed by atoms with van der Waals surface area (Å²) in [4.78, 5) is 24.5. The molecule has 9 heteroatoms. The van der Waals surface area contributed by atoms with Crippen LogP contribution in [-0.4, -0.2) is 50.4 Å². The third kappa shape index (κ3) is 8.12. The zero-order valence-electron chi connectivity index (χ0n) is 18.9. The molecule has 0 spiro atoms. The van der Waals surface area contributed by atoms with Crippen molar-refractivity contribution in [3.05, 3.63) is 59.2 Å². The van der Waals surface area contributed by atoms with Crippen molar-refractivity contribution in [1.82, 2.24) is 0 Å². The Balaban J connectivity index is 2.03. The molecule has 0 unspecified atom stereocenters. The number of rotatable bonds is 13. The lowest BCUT2D eigenvalue weighted by molar-refractivity contribution is 0.103. The van der Waals surface area contributed by atoms with E-state index in [2.05, 4.69) is 9.89 Å². The molecule has 3 N–H and O–H groups in total. The normalized spacial score (nSPS) is 11.2. The monoisotopic (exact) mass is 458 g/mol. The summed E-state index contributed by atoms with van der Waals surface area (Å²) in [6.07, 6.45) is 4.46. The second kappa shape index (κ2) is 13.7. The molecule has 0 aliphatic carbocycles. The predicted octanol–water partition coefficient (Wildman–Crippen LogP) is 4.13. The first-order valence-electron chi connectivity index (χ1n) is 10.6. The first kappa shape index (κ1) is 25.7. The fraction of sp³-hybridized carbons (Fsp3) is 0.375. The van der Waals surface area contributed by atoms with Crippen LogP contribution >= 0.6 is 0 Å². The largest absolute Gasteiger partial charge is 0.513 e. The molecule has 0 fully saturated rings. The van der Waals surface area contributed by atoms with Crippen LogP contribution in [0.3, 0.4) is 0 Å². The number of unbranched alkanes of at least 4 members (excludes halogenated alkanes) is 4. The molecule has 0 saturated heterocycles. The number of ketones is 1. The lowest BCUT2D eigenvalue weighted by Crippen LogP contribution is -2.19. The molecule has 0 heterocycles. The number of ether oxygens (including phenoxy) is 4. The maximum atomic E-state index is 13.1. The Morgan fingerprint density at radius 2 is 1.52 bits per heavy atom. The summed E-state index contributed by atoms with van der Waals surface area (Å²) < 4.78 is 20.2. The van der Waals surface area contributed by atoms with Crippen LogP contribution in [0.15, 0.2) is 47.6 Å². The van der Waals surface area contributed by atoms with E-state index < -0.39 is 11.9 Å². The molecule has 178 valence electrons. The number of oxime groups is 1. The maximum Gasteiger partial charge on any atom is 0.513 e. The zero-order valence-corrected chi connectivity index (χ0v) is 18.9. The summed E-state index contributed by atoms with van der Waals surface area (Å²) in [7, 11) is 2.88. The topological polar surface area (TPSA) is 130 Å². The molecular formula is C24H30N2O7. The van der Waals surface area contributed by atoms with Gasteiger partial charge < -0.3 is 29.9 Å². The molecule has 0 atom stereocenters. The van der Waals surface area contributed by atoms with E-state index in [1.165, 1.54) is 25.3 Å². The van der Waals surface area contributed by atoms with Gasteiger partial charge in [0.15, 0.2) is 11.6 Å². The van der Waals surface area contributed by atoms with Gasteiger partial charge in [0.05, 0.1) is 13.7 Å². The van der Waals surface area contributed by atoms with Crippen molar-refractivity contribution < 1.29 is 33.7 Å². The van der Waals surface area contributed by atoms with Crippen LogP contribution in [0, 0.1) is 0 Å². The lowest BCUT2D eigenvalue weighted by Gasteiger charge is -2.11. The van der Waals surface area contributed by atoms with Crippen molar-refractivity contribution in [1.29, 1.82) is 0 Å². The minimum Gasteiger partial charge on any atom is -0.494 e. The first-order chi connectivity index (χ1) is 16.0. The van der Waals surface area contributed by atoms with E-state index >= 15 is 0 Å². The van der Waals surface area contributed by atoms with E-state index in [1.54, 1.807) is 31.4 Å². The van der Waals surface area contributed by atoms with Crippen molar-refractivity contribution in [2.24, 2.45) is 10.9 Å². The van der Waals surface area contributed by atoms with Gasteiger partial charge in [-0.15, -0.1) is 0 Å². The molecule has 2 rings (SSSR count). The summed E-state index contributed by atoms with van der Waals surface area (Å²) in [5.74, 6) is 0.104. The average Bonchev–Trinajstić information content (AvgIpc) is 2.85. The van der Waals surface area contributed by atoms with Crippen molar-refractivity contribution >= 4 is 17.8 Å². The Morgan fingerprint density at radius 3 is 2.15 bits per heavy atom. The molecule has 0 radical (unpaired) electrons. The van der Waals surface area contributed by atoms with Crippen molar-refractivity contribution in [2.45, 2.75) is 32.1 Å². The van der Waals surface area contributed by atoms with Crippen LogP contribution in [0.5, 0.6) is 11.5 Å².